The molecule has 0 rings (SSSR count). The lowest BCUT2D eigenvalue weighted by molar-refractivity contribution is -0.121. The molecule has 0 N–H and O–H groups in total. The zero-order valence-electron chi connectivity index (χ0n) is 8.59. The number of unbranched alkanes of at least 4 members (excludes halogenated alkanes) is 1. The molecule has 1 unspecified atom stereocenters. The van der Waals surface area contributed by atoms with E-state index in [0.717, 1.165) is 25.5 Å². The minimum absolute atomic E-state index is 0.504. The summed E-state index contributed by atoms with van der Waals surface area (Å²) in [6, 6.07) is 0. The Bertz CT molecular complexity index is 136. The molecule has 3 heteroatoms. The number of hydrogen-bond donors (Lipinski definition) is 0. The SMILES string of the molecule is CCCCC(C)(C=O)O[SiH](C)C. The third-order valence-corrected chi connectivity index (χ3v) is 2.79. The molecular formula is C9H20O2Si. The molecule has 0 aliphatic rings. The molecule has 2 nitrogen and oxygen atoms in total. The molecule has 0 aromatic carbocycles. The first-order chi connectivity index (χ1) is 5.54. The molecule has 0 bridgehead atoms. The van der Waals surface area contributed by atoms with E-state index in [1.807, 2.05) is 6.92 Å². The van der Waals surface area contributed by atoms with Crippen LogP contribution in [0, 0.1) is 0 Å². The second kappa shape index (κ2) is 5.49. The lowest BCUT2D eigenvalue weighted by atomic mass is 10.0. The molecule has 12 heavy (non-hydrogen) atoms. The van der Waals surface area contributed by atoms with Crippen molar-refractivity contribution in [2.24, 2.45) is 0 Å². The summed E-state index contributed by atoms with van der Waals surface area (Å²) in [5.74, 6) is 0. The van der Waals surface area contributed by atoms with Gasteiger partial charge in [0.05, 0.1) is 0 Å². The van der Waals surface area contributed by atoms with Crippen LogP contribution in [0.25, 0.3) is 0 Å². The van der Waals surface area contributed by atoms with Crippen molar-refractivity contribution < 1.29 is 9.22 Å². The highest BCUT2D eigenvalue weighted by atomic mass is 28.3. The molecule has 0 saturated heterocycles. The van der Waals surface area contributed by atoms with E-state index in [4.69, 9.17) is 4.43 Å². The summed E-state index contributed by atoms with van der Waals surface area (Å²) in [7, 11) is -1.09. The molecule has 72 valence electrons. The van der Waals surface area contributed by atoms with Gasteiger partial charge < -0.3 is 9.22 Å². The predicted molar refractivity (Wildman–Crippen MR) is 54.0 cm³/mol. The van der Waals surface area contributed by atoms with Crippen LogP contribution < -0.4 is 0 Å². The Kier molecular flexibility index (Phi) is 5.42. The van der Waals surface area contributed by atoms with Crippen LogP contribution in [0.5, 0.6) is 0 Å². The van der Waals surface area contributed by atoms with E-state index in [1.165, 1.54) is 0 Å². The fourth-order valence-corrected chi connectivity index (χ4v) is 2.46. The highest BCUT2D eigenvalue weighted by Gasteiger charge is 2.24. The first kappa shape index (κ1) is 11.8. The average Bonchev–Trinajstić information content (AvgIpc) is 2.00. The first-order valence-corrected chi connectivity index (χ1v) is 7.46. The summed E-state index contributed by atoms with van der Waals surface area (Å²) in [5.41, 5.74) is -0.504. The van der Waals surface area contributed by atoms with Gasteiger partial charge in [0, 0.05) is 0 Å². The maximum atomic E-state index is 10.8. The van der Waals surface area contributed by atoms with E-state index < -0.39 is 14.6 Å². The Labute approximate surface area is 77.0 Å². The summed E-state index contributed by atoms with van der Waals surface area (Å²) in [5, 5.41) is 0. The van der Waals surface area contributed by atoms with Crippen molar-refractivity contribution in [1.29, 1.82) is 0 Å². The van der Waals surface area contributed by atoms with Gasteiger partial charge in [0.15, 0.2) is 9.04 Å². The normalized spacial score (nSPS) is 16.1. The molecule has 0 aliphatic heterocycles. The highest BCUT2D eigenvalue weighted by molar-refractivity contribution is 6.48. The van der Waals surface area contributed by atoms with E-state index in [1.54, 1.807) is 0 Å². The van der Waals surface area contributed by atoms with Gasteiger partial charge in [0.2, 0.25) is 0 Å². The van der Waals surface area contributed by atoms with Crippen LogP contribution in [0.1, 0.15) is 33.1 Å². The van der Waals surface area contributed by atoms with Crippen LogP contribution in [0.3, 0.4) is 0 Å². The van der Waals surface area contributed by atoms with Crippen LogP contribution >= 0.6 is 0 Å². The van der Waals surface area contributed by atoms with Crippen molar-refractivity contribution >= 4 is 15.3 Å². The Morgan fingerprint density at radius 2 is 2.08 bits per heavy atom. The first-order valence-electron chi connectivity index (χ1n) is 4.68. The summed E-state index contributed by atoms with van der Waals surface area (Å²) in [4.78, 5) is 10.8. The van der Waals surface area contributed by atoms with Gasteiger partial charge in [-0.2, -0.15) is 0 Å². The fourth-order valence-electron chi connectivity index (χ4n) is 1.21. The van der Waals surface area contributed by atoms with E-state index in [9.17, 15) is 4.79 Å². The van der Waals surface area contributed by atoms with E-state index in [0.29, 0.717) is 0 Å². The van der Waals surface area contributed by atoms with Gasteiger partial charge in [-0.25, -0.2) is 0 Å². The van der Waals surface area contributed by atoms with E-state index >= 15 is 0 Å². The fraction of sp³-hybridized carbons (Fsp3) is 0.889. The molecule has 0 aromatic rings. The van der Waals surface area contributed by atoms with Gasteiger partial charge in [0.1, 0.15) is 11.9 Å². The molecule has 0 spiro atoms. The number of carbonyl (C=O) groups excluding carboxylic acids is 1. The maximum Gasteiger partial charge on any atom is 0.172 e. The Morgan fingerprint density at radius 1 is 1.50 bits per heavy atom. The zero-order valence-corrected chi connectivity index (χ0v) is 9.75. The van der Waals surface area contributed by atoms with Crippen LogP contribution in [-0.4, -0.2) is 20.9 Å². The lowest BCUT2D eigenvalue weighted by Gasteiger charge is -2.26. The number of rotatable bonds is 6. The number of aldehydes is 1. The zero-order chi connectivity index (χ0) is 9.61. The van der Waals surface area contributed by atoms with Crippen LogP contribution in [0.2, 0.25) is 13.1 Å². The second-order valence-electron chi connectivity index (χ2n) is 3.70. The van der Waals surface area contributed by atoms with Gasteiger partial charge in [-0.15, -0.1) is 0 Å². The van der Waals surface area contributed by atoms with Crippen molar-refractivity contribution in [3.8, 4) is 0 Å². The maximum absolute atomic E-state index is 10.8. The molecule has 0 saturated carbocycles. The van der Waals surface area contributed by atoms with Gasteiger partial charge >= 0.3 is 0 Å². The smallest absolute Gasteiger partial charge is 0.172 e. The molecule has 0 fully saturated rings. The molecule has 1 atom stereocenters. The quantitative estimate of drug-likeness (QED) is 0.471. The third kappa shape index (κ3) is 4.67. The number of hydrogen-bond acceptors (Lipinski definition) is 2. The van der Waals surface area contributed by atoms with E-state index in [-0.39, 0.29) is 0 Å². The standard InChI is InChI=1S/C9H20O2Si/c1-5-6-7-9(2,8-10)11-12(3)4/h8,12H,5-7H2,1-4H3. The largest absolute Gasteiger partial charge is 0.409 e. The second-order valence-corrected chi connectivity index (χ2v) is 6.03. The molecular weight excluding hydrogens is 168 g/mol. The molecule has 0 aliphatic carbocycles. The molecule has 0 aromatic heterocycles. The van der Waals surface area contributed by atoms with Crippen LogP contribution in [-0.2, 0) is 9.22 Å². The van der Waals surface area contributed by atoms with Crippen LogP contribution in [0.15, 0.2) is 0 Å². The van der Waals surface area contributed by atoms with E-state index in [2.05, 4.69) is 20.0 Å². The molecule has 0 heterocycles. The van der Waals surface area contributed by atoms with Crippen molar-refractivity contribution in [2.45, 2.75) is 51.8 Å². The van der Waals surface area contributed by atoms with Crippen molar-refractivity contribution in [2.75, 3.05) is 0 Å². The van der Waals surface area contributed by atoms with Gasteiger partial charge in [-0.3, -0.25) is 0 Å². The minimum Gasteiger partial charge on any atom is -0.409 e. The minimum atomic E-state index is -1.09. The summed E-state index contributed by atoms with van der Waals surface area (Å²) >= 11 is 0. The van der Waals surface area contributed by atoms with Crippen molar-refractivity contribution in [3.05, 3.63) is 0 Å². The highest BCUT2D eigenvalue weighted by Crippen LogP contribution is 2.17. The van der Waals surface area contributed by atoms with Crippen molar-refractivity contribution in [3.63, 3.8) is 0 Å². The summed E-state index contributed by atoms with van der Waals surface area (Å²) < 4.78 is 5.66. The van der Waals surface area contributed by atoms with Crippen molar-refractivity contribution in [1.82, 2.24) is 0 Å². The molecule has 0 amide bonds. The van der Waals surface area contributed by atoms with Crippen LogP contribution in [0.4, 0.5) is 0 Å². The average molecular weight is 188 g/mol. The Balaban J connectivity index is 3.95. The van der Waals surface area contributed by atoms with Gasteiger partial charge in [0.25, 0.3) is 0 Å². The topological polar surface area (TPSA) is 26.3 Å². The third-order valence-electron chi connectivity index (χ3n) is 1.78. The number of carbonyl (C=O) groups is 1. The summed E-state index contributed by atoms with van der Waals surface area (Å²) in [6.45, 7) is 8.20. The monoisotopic (exact) mass is 188 g/mol. The Hall–Kier alpha value is -0.153. The predicted octanol–water partition coefficient (Wildman–Crippen LogP) is 2.13. The van der Waals surface area contributed by atoms with Gasteiger partial charge in [-0.1, -0.05) is 19.8 Å². The lowest BCUT2D eigenvalue weighted by Crippen LogP contribution is -2.35. The van der Waals surface area contributed by atoms with Gasteiger partial charge in [-0.05, 0) is 26.4 Å². The Morgan fingerprint density at radius 3 is 2.42 bits per heavy atom. The molecule has 0 radical (unpaired) electrons. The summed E-state index contributed by atoms with van der Waals surface area (Å²) in [6.07, 6.45) is 4.00.